The number of hydrogen-bond acceptors (Lipinski definition) is 5. The summed E-state index contributed by atoms with van der Waals surface area (Å²) < 4.78 is 5.18. The number of para-hydroxylation sites is 1. The summed E-state index contributed by atoms with van der Waals surface area (Å²) in [6.07, 6.45) is 0. The predicted molar refractivity (Wildman–Crippen MR) is 125 cm³/mol. The molecule has 8 heteroatoms. The van der Waals surface area contributed by atoms with Gasteiger partial charge in [0.15, 0.2) is 12.4 Å². The normalized spacial score (nSPS) is 10.4. The molecule has 3 rings (SSSR count). The SMILES string of the molecule is CC(=O)c1c(C)[nH]c(C(=O)COC(=O)c2ccc(C)c(NC(=O)Nc3ccccc3)c2)c1C. The van der Waals surface area contributed by atoms with Gasteiger partial charge in [-0.2, -0.15) is 0 Å². The first-order valence-corrected chi connectivity index (χ1v) is 10.3. The molecule has 0 aliphatic rings. The van der Waals surface area contributed by atoms with Crippen LogP contribution < -0.4 is 10.6 Å². The van der Waals surface area contributed by atoms with E-state index in [1.807, 2.05) is 6.07 Å². The second kappa shape index (κ2) is 9.95. The van der Waals surface area contributed by atoms with Gasteiger partial charge in [-0.15, -0.1) is 0 Å². The van der Waals surface area contributed by atoms with E-state index in [-0.39, 0.29) is 17.0 Å². The van der Waals surface area contributed by atoms with Gasteiger partial charge in [0.25, 0.3) is 0 Å². The van der Waals surface area contributed by atoms with Crippen molar-refractivity contribution in [3.8, 4) is 0 Å². The highest BCUT2D eigenvalue weighted by molar-refractivity contribution is 6.05. The zero-order chi connectivity index (χ0) is 24.1. The Morgan fingerprint density at radius 3 is 2.27 bits per heavy atom. The maximum atomic E-state index is 12.5. The number of aryl methyl sites for hydroxylation is 2. The summed E-state index contributed by atoms with van der Waals surface area (Å²) in [6.45, 7) is 6.12. The fourth-order valence-electron chi connectivity index (χ4n) is 3.53. The van der Waals surface area contributed by atoms with Crippen molar-refractivity contribution in [1.82, 2.24) is 4.98 Å². The van der Waals surface area contributed by atoms with Gasteiger partial charge in [-0.1, -0.05) is 24.3 Å². The number of ketones is 2. The smallest absolute Gasteiger partial charge is 0.338 e. The van der Waals surface area contributed by atoms with E-state index in [1.54, 1.807) is 57.2 Å². The fourth-order valence-corrected chi connectivity index (χ4v) is 3.53. The van der Waals surface area contributed by atoms with Gasteiger partial charge in [0, 0.05) is 22.6 Å². The number of esters is 1. The molecule has 0 aliphatic carbocycles. The van der Waals surface area contributed by atoms with Crippen LogP contribution in [0, 0.1) is 20.8 Å². The van der Waals surface area contributed by atoms with Crippen LogP contribution in [0.4, 0.5) is 16.2 Å². The summed E-state index contributed by atoms with van der Waals surface area (Å²) in [5.74, 6) is -1.29. The molecule has 8 nitrogen and oxygen atoms in total. The number of anilines is 2. The first-order chi connectivity index (χ1) is 15.7. The number of Topliss-reactive ketones (excluding diaryl/α,β-unsaturated/α-hetero) is 2. The molecule has 0 spiro atoms. The van der Waals surface area contributed by atoms with Crippen molar-refractivity contribution in [3.63, 3.8) is 0 Å². The monoisotopic (exact) mass is 447 g/mol. The van der Waals surface area contributed by atoms with Crippen molar-refractivity contribution >= 4 is 34.9 Å². The summed E-state index contributed by atoms with van der Waals surface area (Å²) in [4.78, 5) is 52.0. The number of aromatic amines is 1. The predicted octanol–water partition coefficient (Wildman–Crippen LogP) is 4.83. The minimum absolute atomic E-state index is 0.145. The van der Waals surface area contributed by atoms with E-state index < -0.39 is 24.4 Å². The van der Waals surface area contributed by atoms with Gasteiger partial charge in [0.1, 0.15) is 0 Å². The van der Waals surface area contributed by atoms with Crippen LogP contribution >= 0.6 is 0 Å². The summed E-state index contributed by atoms with van der Waals surface area (Å²) >= 11 is 0. The van der Waals surface area contributed by atoms with Crippen LogP contribution in [0.5, 0.6) is 0 Å². The van der Waals surface area contributed by atoms with E-state index in [4.69, 9.17) is 4.74 Å². The van der Waals surface area contributed by atoms with Crippen molar-refractivity contribution in [1.29, 1.82) is 0 Å². The summed E-state index contributed by atoms with van der Waals surface area (Å²) in [5, 5.41) is 5.42. The molecule has 33 heavy (non-hydrogen) atoms. The zero-order valence-electron chi connectivity index (χ0n) is 18.9. The first-order valence-electron chi connectivity index (χ1n) is 10.3. The van der Waals surface area contributed by atoms with Gasteiger partial charge in [0.05, 0.1) is 11.3 Å². The van der Waals surface area contributed by atoms with Crippen LogP contribution in [0.3, 0.4) is 0 Å². The van der Waals surface area contributed by atoms with Crippen molar-refractivity contribution in [2.75, 3.05) is 17.2 Å². The first kappa shape index (κ1) is 23.5. The number of rotatable bonds is 7. The standard InChI is InChI=1S/C25H25N3O5/c1-14-10-11-18(12-20(14)28-25(32)27-19-8-6-5-7-9-19)24(31)33-13-21(30)23-15(2)22(17(4)29)16(3)26-23/h5-12,26H,13H2,1-4H3,(H2,27,28,32). The Balaban J connectivity index is 1.66. The molecular formula is C25H25N3O5. The summed E-state index contributed by atoms with van der Waals surface area (Å²) in [6, 6.07) is 13.2. The molecule has 0 unspecified atom stereocenters. The number of carbonyl (C=O) groups is 4. The number of aromatic nitrogens is 1. The summed E-state index contributed by atoms with van der Waals surface area (Å²) in [5.41, 5.74) is 3.84. The lowest BCUT2D eigenvalue weighted by atomic mass is 10.1. The maximum Gasteiger partial charge on any atom is 0.338 e. The van der Waals surface area contributed by atoms with Gasteiger partial charge in [-0.25, -0.2) is 9.59 Å². The topological polar surface area (TPSA) is 117 Å². The second-order valence-electron chi connectivity index (χ2n) is 7.66. The zero-order valence-corrected chi connectivity index (χ0v) is 18.9. The van der Waals surface area contributed by atoms with Crippen LogP contribution in [0.25, 0.3) is 0 Å². The van der Waals surface area contributed by atoms with Crippen LogP contribution in [0.15, 0.2) is 48.5 Å². The van der Waals surface area contributed by atoms with Crippen LogP contribution in [0.1, 0.15) is 54.9 Å². The average Bonchev–Trinajstić information content (AvgIpc) is 3.08. The van der Waals surface area contributed by atoms with Crippen molar-refractivity contribution in [3.05, 3.63) is 82.2 Å². The minimum atomic E-state index is -0.706. The van der Waals surface area contributed by atoms with Gasteiger partial charge in [-0.05, 0) is 63.1 Å². The Hall–Kier alpha value is -4.20. The molecule has 0 saturated heterocycles. The Morgan fingerprint density at radius 2 is 1.64 bits per heavy atom. The van der Waals surface area contributed by atoms with E-state index in [2.05, 4.69) is 15.6 Å². The molecule has 2 amide bonds. The molecular weight excluding hydrogens is 422 g/mol. The Labute approximate surface area is 191 Å². The molecule has 0 atom stereocenters. The van der Waals surface area contributed by atoms with Crippen molar-refractivity contribution < 1.29 is 23.9 Å². The highest BCUT2D eigenvalue weighted by Gasteiger charge is 2.21. The fraction of sp³-hybridized carbons (Fsp3) is 0.200. The minimum Gasteiger partial charge on any atom is -0.454 e. The van der Waals surface area contributed by atoms with Crippen molar-refractivity contribution in [2.24, 2.45) is 0 Å². The largest absolute Gasteiger partial charge is 0.454 e. The molecule has 0 bridgehead atoms. The molecule has 0 saturated carbocycles. The van der Waals surface area contributed by atoms with Crippen molar-refractivity contribution in [2.45, 2.75) is 27.7 Å². The molecule has 0 fully saturated rings. The molecule has 0 radical (unpaired) electrons. The highest BCUT2D eigenvalue weighted by atomic mass is 16.5. The van der Waals surface area contributed by atoms with Gasteiger partial charge in [0.2, 0.25) is 5.78 Å². The maximum absolute atomic E-state index is 12.5. The number of urea groups is 1. The van der Waals surface area contributed by atoms with Crippen LogP contribution in [-0.2, 0) is 4.74 Å². The molecule has 170 valence electrons. The number of nitrogens with one attached hydrogen (secondary N) is 3. The molecule has 2 aromatic carbocycles. The van der Waals surface area contributed by atoms with E-state index in [0.29, 0.717) is 28.2 Å². The lowest BCUT2D eigenvalue weighted by molar-refractivity contribution is 0.0473. The quantitative estimate of drug-likeness (QED) is 0.354. The molecule has 1 heterocycles. The third-order valence-electron chi connectivity index (χ3n) is 5.16. The van der Waals surface area contributed by atoms with E-state index >= 15 is 0 Å². The number of carbonyl (C=O) groups excluding carboxylic acids is 4. The lowest BCUT2D eigenvalue weighted by Gasteiger charge is -2.11. The van der Waals surface area contributed by atoms with E-state index in [1.165, 1.54) is 13.0 Å². The van der Waals surface area contributed by atoms with E-state index in [9.17, 15) is 19.2 Å². The molecule has 1 aromatic heterocycles. The Bertz CT molecular complexity index is 1230. The van der Waals surface area contributed by atoms with Gasteiger partial charge < -0.3 is 20.4 Å². The van der Waals surface area contributed by atoms with Crippen LogP contribution in [0.2, 0.25) is 0 Å². The second-order valence-corrected chi connectivity index (χ2v) is 7.66. The molecule has 3 aromatic rings. The number of H-pyrrole nitrogens is 1. The summed E-state index contributed by atoms with van der Waals surface area (Å²) in [7, 11) is 0. The number of hydrogen-bond donors (Lipinski definition) is 3. The number of amides is 2. The Morgan fingerprint density at radius 1 is 0.939 bits per heavy atom. The van der Waals surface area contributed by atoms with Gasteiger partial charge in [-0.3, -0.25) is 9.59 Å². The average molecular weight is 447 g/mol. The Kier molecular flexibility index (Phi) is 7.07. The number of benzene rings is 2. The number of ether oxygens (including phenoxy) is 1. The molecule has 0 aliphatic heterocycles. The third-order valence-corrected chi connectivity index (χ3v) is 5.16. The third kappa shape index (κ3) is 5.54. The molecule has 3 N–H and O–H groups in total. The van der Waals surface area contributed by atoms with Crippen LogP contribution in [-0.4, -0.2) is 35.2 Å². The van der Waals surface area contributed by atoms with E-state index in [0.717, 1.165) is 5.56 Å². The van der Waals surface area contributed by atoms with Gasteiger partial charge >= 0.3 is 12.0 Å². The lowest BCUT2D eigenvalue weighted by Crippen LogP contribution is -2.20. The highest BCUT2D eigenvalue weighted by Crippen LogP contribution is 2.20.